The number of thiazole rings is 1. The maximum Gasteiger partial charge on any atom is 0.427 e. The molecule has 0 aromatic carbocycles. The van der Waals surface area contributed by atoms with Crippen LogP contribution in [0.25, 0.3) is 0 Å². The fraction of sp³-hybridized carbons (Fsp3) is 0.545. The maximum absolute atomic E-state index is 12.6. The summed E-state index contributed by atoms with van der Waals surface area (Å²) >= 11 is 0.343. The van der Waals surface area contributed by atoms with Gasteiger partial charge < -0.3 is 5.32 Å². The summed E-state index contributed by atoms with van der Waals surface area (Å²) in [4.78, 5) is 25.5. The molecule has 0 saturated carbocycles. The number of hydrogen-bond donors (Lipinski definition) is 1. The first-order valence-electron chi connectivity index (χ1n) is 5.35. The van der Waals surface area contributed by atoms with E-state index < -0.39 is 28.1 Å². The van der Waals surface area contributed by atoms with Crippen LogP contribution in [0.2, 0.25) is 0 Å². The average Bonchev–Trinajstić information content (AvgIpc) is 2.72. The third kappa shape index (κ3) is 4.02. The van der Waals surface area contributed by atoms with Crippen molar-refractivity contribution in [2.45, 2.75) is 26.9 Å². The summed E-state index contributed by atoms with van der Waals surface area (Å²) in [5.74, 6) is -1.27. The van der Waals surface area contributed by atoms with Gasteiger partial charge in [0.25, 0.3) is 5.91 Å². The minimum atomic E-state index is -4.62. The lowest BCUT2D eigenvalue weighted by molar-refractivity contribution is -0.134. The van der Waals surface area contributed by atoms with Crippen LogP contribution in [0.5, 0.6) is 0 Å². The van der Waals surface area contributed by atoms with E-state index in [0.29, 0.717) is 11.3 Å². The van der Waals surface area contributed by atoms with Crippen LogP contribution in [0.15, 0.2) is 5.51 Å². The van der Waals surface area contributed by atoms with E-state index in [4.69, 9.17) is 0 Å². The number of Topliss-reactive ketones (excluding diaryl/α,β-unsaturated/α-hetero) is 1. The van der Waals surface area contributed by atoms with Crippen molar-refractivity contribution in [1.29, 1.82) is 0 Å². The van der Waals surface area contributed by atoms with E-state index in [2.05, 4.69) is 10.3 Å². The Balaban J connectivity index is 2.76. The van der Waals surface area contributed by atoms with Crippen molar-refractivity contribution < 1.29 is 22.8 Å². The zero-order chi connectivity index (χ0) is 14.8. The number of carbonyl (C=O) groups is 2. The molecular weight excluding hydrogens is 281 g/mol. The van der Waals surface area contributed by atoms with Gasteiger partial charge in [-0.2, -0.15) is 13.2 Å². The topological polar surface area (TPSA) is 59.1 Å². The van der Waals surface area contributed by atoms with E-state index in [1.165, 1.54) is 0 Å². The Bertz CT molecular complexity index is 489. The number of amides is 1. The van der Waals surface area contributed by atoms with E-state index in [1.807, 2.05) is 0 Å². The molecule has 0 fully saturated rings. The molecule has 1 aromatic heterocycles. The first-order valence-corrected chi connectivity index (χ1v) is 6.23. The van der Waals surface area contributed by atoms with Gasteiger partial charge in [0.15, 0.2) is 11.5 Å². The minimum absolute atomic E-state index is 0.273. The summed E-state index contributed by atoms with van der Waals surface area (Å²) in [6.45, 7) is 4.65. The first kappa shape index (κ1) is 15.6. The Labute approximate surface area is 112 Å². The highest BCUT2D eigenvalue weighted by Crippen LogP contribution is 2.34. The van der Waals surface area contributed by atoms with Gasteiger partial charge in [0, 0.05) is 5.41 Å². The molecule has 1 heterocycles. The lowest BCUT2D eigenvalue weighted by Crippen LogP contribution is -2.36. The Morgan fingerprint density at radius 3 is 2.37 bits per heavy atom. The normalized spacial score (nSPS) is 12.3. The van der Waals surface area contributed by atoms with Gasteiger partial charge >= 0.3 is 6.18 Å². The van der Waals surface area contributed by atoms with Gasteiger partial charge in [0.2, 0.25) is 0 Å². The zero-order valence-corrected chi connectivity index (χ0v) is 11.4. The molecule has 1 amide bonds. The van der Waals surface area contributed by atoms with Gasteiger partial charge in [0.05, 0.1) is 12.1 Å². The van der Waals surface area contributed by atoms with Crippen LogP contribution in [-0.2, 0) is 11.0 Å². The number of carbonyl (C=O) groups excluding carboxylic acids is 2. The van der Waals surface area contributed by atoms with Crippen LogP contribution in [0.1, 0.15) is 36.1 Å². The van der Waals surface area contributed by atoms with E-state index in [0.717, 1.165) is 5.51 Å². The summed E-state index contributed by atoms with van der Waals surface area (Å²) < 4.78 is 37.7. The summed E-state index contributed by atoms with van der Waals surface area (Å²) in [6, 6.07) is 0. The number of aromatic nitrogens is 1. The van der Waals surface area contributed by atoms with Crippen LogP contribution in [0.4, 0.5) is 13.2 Å². The predicted molar refractivity (Wildman–Crippen MR) is 63.9 cm³/mol. The second-order valence-electron chi connectivity index (χ2n) is 4.88. The van der Waals surface area contributed by atoms with E-state index in [1.54, 1.807) is 20.8 Å². The fourth-order valence-corrected chi connectivity index (χ4v) is 1.77. The summed E-state index contributed by atoms with van der Waals surface area (Å²) in [5.41, 5.74) is -0.412. The number of rotatable bonds is 3. The molecule has 0 aliphatic heterocycles. The molecule has 0 bridgehead atoms. The molecule has 1 rings (SSSR count). The lowest BCUT2D eigenvalue weighted by Gasteiger charge is -2.16. The van der Waals surface area contributed by atoms with Crippen molar-refractivity contribution in [3.63, 3.8) is 0 Å². The molecule has 0 radical (unpaired) electrons. The standard InChI is InChI=1S/C11H13F3N2O2S/c1-10(2,3)6(17)4-15-9(18)7-8(11(12,13)14)19-5-16-7/h5H,4H2,1-3H3,(H,15,18). The molecule has 0 aliphatic rings. The van der Waals surface area contributed by atoms with Crippen LogP contribution in [0.3, 0.4) is 0 Å². The van der Waals surface area contributed by atoms with Gasteiger partial charge in [-0.15, -0.1) is 11.3 Å². The number of nitrogens with one attached hydrogen (secondary N) is 1. The molecule has 8 heteroatoms. The quantitative estimate of drug-likeness (QED) is 0.932. The molecule has 0 unspecified atom stereocenters. The van der Waals surface area contributed by atoms with Crippen molar-refractivity contribution in [2.24, 2.45) is 5.41 Å². The maximum atomic E-state index is 12.6. The Morgan fingerprint density at radius 1 is 1.32 bits per heavy atom. The SMILES string of the molecule is CC(C)(C)C(=O)CNC(=O)c1ncsc1C(F)(F)F. The third-order valence-electron chi connectivity index (χ3n) is 2.29. The molecule has 1 N–H and O–H groups in total. The van der Waals surface area contributed by atoms with Crippen LogP contribution in [-0.4, -0.2) is 23.2 Å². The van der Waals surface area contributed by atoms with Gasteiger partial charge in [-0.3, -0.25) is 9.59 Å². The van der Waals surface area contributed by atoms with Crippen LogP contribution in [0, 0.1) is 5.41 Å². The third-order valence-corrected chi connectivity index (χ3v) is 3.16. The zero-order valence-electron chi connectivity index (χ0n) is 10.6. The molecule has 0 spiro atoms. The second kappa shape index (κ2) is 5.28. The minimum Gasteiger partial charge on any atom is -0.344 e. The first-order chi connectivity index (χ1) is 8.53. The van der Waals surface area contributed by atoms with E-state index >= 15 is 0 Å². The number of alkyl halides is 3. The number of ketones is 1. The van der Waals surface area contributed by atoms with Crippen molar-refractivity contribution in [1.82, 2.24) is 10.3 Å². The highest BCUT2D eigenvalue weighted by molar-refractivity contribution is 7.10. The second-order valence-corrected chi connectivity index (χ2v) is 5.74. The molecule has 4 nitrogen and oxygen atoms in total. The monoisotopic (exact) mass is 294 g/mol. The molecular formula is C11H13F3N2O2S. The van der Waals surface area contributed by atoms with E-state index in [9.17, 15) is 22.8 Å². The molecule has 19 heavy (non-hydrogen) atoms. The molecule has 0 aliphatic carbocycles. The van der Waals surface area contributed by atoms with Crippen molar-refractivity contribution >= 4 is 23.0 Å². The number of nitrogens with zero attached hydrogens (tertiary/aromatic N) is 1. The lowest BCUT2D eigenvalue weighted by atomic mass is 9.91. The summed E-state index contributed by atoms with van der Waals surface area (Å²) in [5, 5.41) is 2.16. The largest absolute Gasteiger partial charge is 0.427 e. The molecule has 1 aromatic rings. The van der Waals surface area contributed by atoms with Crippen LogP contribution >= 0.6 is 11.3 Å². The van der Waals surface area contributed by atoms with Crippen molar-refractivity contribution in [3.8, 4) is 0 Å². The van der Waals surface area contributed by atoms with Crippen LogP contribution < -0.4 is 5.32 Å². The van der Waals surface area contributed by atoms with Gasteiger partial charge in [-0.05, 0) is 0 Å². The Kier molecular flexibility index (Phi) is 4.34. The van der Waals surface area contributed by atoms with Crippen molar-refractivity contribution in [2.75, 3.05) is 6.54 Å². The molecule has 0 saturated heterocycles. The fourth-order valence-electron chi connectivity index (χ4n) is 1.12. The van der Waals surface area contributed by atoms with Gasteiger partial charge in [-0.1, -0.05) is 20.8 Å². The smallest absolute Gasteiger partial charge is 0.344 e. The summed E-state index contributed by atoms with van der Waals surface area (Å²) in [6.07, 6.45) is -4.62. The Morgan fingerprint density at radius 2 is 1.89 bits per heavy atom. The highest BCUT2D eigenvalue weighted by atomic mass is 32.1. The van der Waals surface area contributed by atoms with Gasteiger partial charge in [0.1, 0.15) is 4.88 Å². The van der Waals surface area contributed by atoms with E-state index in [-0.39, 0.29) is 12.3 Å². The molecule has 106 valence electrons. The summed E-state index contributed by atoms with van der Waals surface area (Å²) in [7, 11) is 0. The Hall–Kier alpha value is -1.44. The van der Waals surface area contributed by atoms with Crippen molar-refractivity contribution in [3.05, 3.63) is 16.1 Å². The average molecular weight is 294 g/mol. The number of halogens is 3. The highest BCUT2D eigenvalue weighted by Gasteiger charge is 2.38. The molecule has 0 atom stereocenters. The predicted octanol–water partition coefficient (Wildman–Crippen LogP) is 2.51. The number of hydrogen-bond acceptors (Lipinski definition) is 4. The van der Waals surface area contributed by atoms with Gasteiger partial charge in [-0.25, -0.2) is 4.98 Å².